The van der Waals surface area contributed by atoms with E-state index in [0.29, 0.717) is 12.0 Å². The largest absolute Gasteiger partial charge is 0.394 e. The molecule has 0 saturated heterocycles. The monoisotopic (exact) mass is 201 g/mol. The van der Waals surface area contributed by atoms with E-state index in [4.69, 9.17) is 15.9 Å². The Kier molecular flexibility index (Phi) is 4.69. The first-order valence-electron chi connectivity index (χ1n) is 5.07. The molecule has 82 valence electrons. The number of nitrogens with two attached hydrogens (primary N) is 1. The summed E-state index contributed by atoms with van der Waals surface area (Å²) in [4.78, 5) is 4.27. The van der Waals surface area contributed by atoms with E-state index in [0.717, 1.165) is 12.8 Å². The second kappa shape index (κ2) is 5.82. The molecular weight excluding hydrogens is 182 g/mol. The van der Waals surface area contributed by atoms with E-state index in [2.05, 4.69) is 10.3 Å². The highest BCUT2D eigenvalue weighted by atomic mass is 16.3. The van der Waals surface area contributed by atoms with Crippen LogP contribution < -0.4 is 11.1 Å². The molecule has 1 rings (SSSR count). The normalized spacial score (nSPS) is 19.2. The Morgan fingerprint density at radius 3 is 2.43 bits per heavy atom. The van der Waals surface area contributed by atoms with Gasteiger partial charge in [0, 0.05) is 0 Å². The van der Waals surface area contributed by atoms with Crippen LogP contribution >= 0.6 is 0 Å². The van der Waals surface area contributed by atoms with Gasteiger partial charge >= 0.3 is 0 Å². The van der Waals surface area contributed by atoms with Crippen molar-refractivity contribution < 1.29 is 10.2 Å². The fourth-order valence-electron chi connectivity index (χ4n) is 1.63. The van der Waals surface area contributed by atoms with Gasteiger partial charge in [-0.25, -0.2) is 0 Å². The third-order valence-corrected chi connectivity index (χ3v) is 2.44. The van der Waals surface area contributed by atoms with Crippen molar-refractivity contribution in [2.24, 2.45) is 10.7 Å². The number of hydrogen-bond acceptors (Lipinski definition) is 3. The number of aliphatic hydroxyl groups is 2. The lowest BCUT2D eigenvalue weighted by Gasteiger charge is -2.14. The topological polar surface area (TPSA) is 90.9 Å². The Morgan fingerprint density at radius 2 is 1.93 bits per heavy atom. The van der Waals surface area contributed by atoms with E-state index in [-0.39, 0.29) is 13.2 Å². The van der Waals surface area contributed by atoms with Crippen molar-refractivity contribution in [3.63, 3.8) is 0 Å². The number of nitrogens with one attached hydrogen (secondary N) is 1. The van der Waals surface area contributed by atoms with Gasteiger partial charge in [0.1, 0.15) is 0 Å². The molecule has 5 nitrogen and oxygen atoms in total. The van der Waals surface area contributed by atoms with Gasteiger partial charge < -0.3 is 21.3 Å². The minimum Gasteiger partial charge on any atom is -0.394 e. The highest BCUT2D eigenvalue weighted by molar-refractivity contribution is 5.78. The standard InChI is InChI=1S/C9H19N3O2/c10-9(12-8(5-13)6-14)11-7-3-1-2-4-7/h7-8,13-14H,1-6H2,(H3,10,11,12). The van der Waals surface area contributed by atoms with E-state index < -0.39 is 6.04 Å². The quantitative estimate of drug-likeness (QED) is 0.353. The Hall–Kier alpha value is -0.810. The Balaban J connectivity index is 2.34. The average molecular weight is 201 g/mol. The molecule has 1 fully saturated rings. The predicted octanol–water partition coefficient (Wildman–Crippen LogP) is -0.814. The number of nitrogens with zero attached hydrogens (tertiary/aromatic N) is 1. The van der Waals surface area contributed by atoms with Crippen molar-refractivity contribution in [2.75, 3.05) is 13.2 Å². The van der Waals surface area contributed by atoms with Gasteiger partial charge in [0.05, 0.1) is 25.3 Å². The molecule has 5 heteroatoms. The van der Waals surface area contributed by atoms with Crippen LogP contribution in [0.2, 0.25) is 0 Å². The van der Waals surface area contributed by atoms with Gasteiger partial charge in [-0.15, -0.1) is 0 Å². The zero-order chi connectivity index (χ0) is 10.4. The number of guanidine groups is 1. The molecule has 5 N–H and O–H groups in total. The summed E-state index contributed by atoms with van der Waals surface area (Å²) in [6, 6.07) is -0.0827. The molecule has 0 radical (unpaired) electrons. The SMILES string of the molecule is NC(=NC1CCCC1)NC(CO)CO. The lowest BCUT2D eigenvalue weighted by Crippen LogP contribution is -2.44. The molecule has 1 aliphatic rings. The van der Waals surface area contributed by atoms with Crippen LogP contribution in [0, 0.1) is 0 Å². The zero-order valence-corrected chi connectivity index (χ0v) is 8.32. The van der Waals surface area contributed by atoms with Crippen LogP contribution in [-0.2, 0) is 0 Å². The average Bonchev–Trinajstić information content (AvgIpc) is 2.66. The number of rotatable bonds is 4. The zero-order valence-electron chi connectivity index (χ0n) is 8.32. The van der Waals surface area contributed by atoms with Crippen LogP contribution in [0.5, 0.6) is 0 Å². The van der Waals surface area contributed by atoms with Gasteiger partial charge in [0.25, 0.3) is 0 Å². The predicted molar refractivity (Wildman–Crippen MR) is 55.0 cm³/mol. The Morgan fingerprint density at radius 1 is 1.36 bits per heavy atom. The summed E-state index contributed by atoms with van der Waals surface area (Å²) in [7, 11) is 0. The molecule has 0 amide bonds. The number of aliphatic hydroxyl groups excluding tert-OH is 2. The molecule has 1 aliphatic carbocycles. The molecule has 0 heterocycles. The van der Waals surface area contributed by atoms with E-state index in [1.165, 1.54) is 12.8 Å². The maximum absolute atomic E-state index is 8.80. The Bertz CT molecular complexity index is 186. The molecule has 0 aliphatic heterocycles. The van der Waals surface area contributed by atoms with Gasteiger partial charge in [-0.1, -0.05) is 12.8 Å². The molecule has 0 aromatic carbocycles. The lowest BCUT2D eigenvalue weighted by atomic mass is 10.3. The number of hydrogen-bond donors (Lipinski definition) is 4. The molecule has 0 atom stereocenters. The molecular formula is C9H19N3O2. The summed E-state index contributed by atoms with van der Waals surface area (Å²) >= 11 is 0. The minimum atomic E-state index is -0.403. The van der Waals surface area contributed by atoms with Crippen molar-refractivity contribution in [3.8, 4) is 0 Å². The first kappa shape index (κ1) is 11.3. The minimum absolute atomic E-state index is 0.141. The molecule has 0 aromatic rings. The summed E-state index contributed by atoms with van der Waals surface area (Å²) < 4.78 is 0. The third kappa shape index (κ3) is 3.51. The van der Waals surface area contributed by atoms with E-state index in [1.807, 2.05) is 0 Å². The van der Waals surface area contributed by atoms with Gasteiger partial charge in [-0.05, 0) is 12.8 Å². The molecule has 0 aromatic heterocycles. The van der Waals surface area contributed by atoms with Crippen molar-refractivity contribution in [3.05, 3.63) is 0 Å². The second-order valence-corrected chi connectivity index (χ2v) is 3.66. The highest BCUT2D eigenvalue weighted by Crippen LogP contribution is 2.20. The van der Waals surface area contributed by atoms with Crippen LogP contribution in [-0.4, -0.2) is 41.5 Å². The maximum Gasteiger partial charge on any atom is 0.189 e. The van der Waals surface area contributed by atoms with Crippen molar-refractivity contribution >= 4 is 5.96 Å². The smallest absolute Gasteiger partial charge is 0.189 e. The fraction of sp³-hybridized carbons (Fsp3) is 0.889. The van der Waals surface area contributed by atoms with Crippen molar-refractivity contribution in [2.45, 2.75) is 37.8 Å². The summed E-state index contributed by atoms with van der Waals surface area (Å²) in [5.41, 5.74) is 5.62. The summed E-state index contributed by atoms with van der Waals surface area (Å²) in [5, 5.41) is 20.4. The molecule has 1 saturated carbocycles. The first-order chi connectivity index (χ1) is 6.76. The highest BCUT2D eigenvalue weighted by Gasteiger charge is 2.14. The molecule has 14 heavy (non-hydrogen) atoms. The van der Waals surface area contributed by atoms with Crippen molar-refractivity contribution in [1.29, 1.82) is 0 Å². The molecule has 0 bridgehead atoms. The summed E-state index contributed by atoms with van der Waals surface area (Å²) in [5.74, 6) is 0.324. The van der Waals surface area contributed by atoms with Crippen LogP contribution in [0.25, 0.3) is 0 Å². The van der Waals surface area contributed by atoms with Gasteiger partial charge in [0.2, 0.25) is 0 Å². The van der Waals surface area contributed by atoms with Gasteiger partial charge in [0.15, 0.2) is 5.96 Å². The third-order valence-electron chi connectivity index (χ3n) is 2.44. The Labute approximate surface area is 84.0 Å². The number of aliphatic imine (C=N–C) groups is 1. The maximum atomic E-state index is 8.80. The van der Waals surface area contributed by atoms with Crippen LogP contribution in [0.4, 0.5) is 0 Å². The molecule has 0 spiro atoms. The fourth-order valence-corrected chi connectivity index (χ4v) is 1.63. The van der Waals surface area contributed by atoms with E-state index >= 15 is 0 Å². The van der Waals surface area contributed by atoms with Crippen LogP contribution in [0.3, 0.4) is 0 Å². The summed E-state index contributed by atoms with van der Waals surface area (Å²) in [6.45, 7) is -0.283. The first-order valence-corrected chi connectivity index (χ1v) is 5.07. The lowest BCUT2D eigenvalue weighted by molar-refractivity contribution is 0.183. The van der Waals surface area contributed by atoms with Gasteiger partial charge in [-0.2, -0.15) is 0 Å². The summed E-state index contributed by atoms with van der Waals surface area (Å²) in [6.07, 6.45) is 4.60. The van der Waals surface area contributed by atoms with Gasteiger partial charge in [-0.3, -0.25) is 4.99 Å². The molecule has 0 unspecified atom stereocenters. The van der Waals surface area contributed by atoms with E-state index in [1.54, 1.807) is 0 Å². The van der Waals surface area contributed by atoms with Crippen molar-refractivity contribution in [1.82, 2.24) is 5.32 Å². The van der Waals surface area contributed by atoms with E-state index in [9.17, 15) is 0 Å². The van der Waals surface area contributed by atoms with Crippen LogP contribution in [0.1, 0.15) is 25.7 Å². The van der Waals surface area contributed by atoms with Crippen LogP contribution in [0.15, 0.2) is 4.99 Å². The second-order valence-electron chi connectivity index (χ2n) is 3.66.